The van der Waals surface area contributed by atoms with Crippen molar-refractivity contribution in [1.82, 2.24) is 0 Å². The fourth-order valence-electron chi connectivity index (χ4n) is 1.53. The number of halogens is 4. The molecule has 17 heavy (non-hydrogen) atoms. The highest BCUT2D eigenvalue weighted by atomic mass is 79.9. The van der Waals surface area contributed by atoms with Crippen molar-refractivity contribution < 1.29 is 4.39 Å². The summed E-state index contributed by atoms with van der Waals surface area (Å²) in [5.41, 5.74) is 2.50. The quantitative estimate of drug-likeness (QED) is 0.540. The summed E-state index contributed by atoms with van der Waals surface area (Å²) in [6, 6.07) is 6.93. The topological polar surface area (TPSA) is 0 Å². The zero-order chi connectivity index (χ0) is 12.6. The predicted octanol–water partition coefficient (Wildman–Crippen LogP) is 6.05. The number of hydrogen-bond acceptors (Lipinski definition) is 1. The van der Waals surface area contributed by atoms with Gasteiger partial charge in [-0.1, -0.05) is 12.1 Å². The SMILES string of the molecule is Cc1cc(C(Cl)c2cc(Br)sc2Br)ccc1F. The Morgan fingerprint density at radius 1 is 1.29 bits per heavy atom. The third-order valence-electron chi connectivity index (χ3n) is 2.43. The van der Waals surface area contributed by atoms with Crippen LogP contribution in [0.4, 0.5) is 4.39 Å². The summed E-state index contributed by atoms with van der Waals surface area (Å²) in [6.07, 6.45) is 0. The van der Waals surface area contributed by atoms with E-state index in [1.807, 2.05) is 6.07 Å². The molecule has 0 radical (unpaired) electrons. The van der Waals surface area contributed by atoms with E-state index < -0.39 is 0 Å². The molecule has 2 rings (SSSR count). The Labute approximate surface area is 125 Å². The molecule has 0 bridgehead atoms. The Kier molecular flexibility index (Phi) is 4.29. The lowest BCUT2D eigenvalue weighted by atomic mass is 10.0. The number of thiophene rings is 1. The van der Waals surface area contributed by atoms with E-state index in [2.05, 4.69) is 31.9 Å². The van der Waals surface area contributed by atoms with Gasteiger partial charge in [0.05, 0.1) is 12.9 Å². The van der Waals surface area contributed by atoms with E-state index in [-0.39, 0.29) is 11.2 Å². The Balaban J connectivity index is 2.40. The summed E-state index contributed by atoms with van der Waals surface area (Å²) in [7, 11) is 0. The zero-order valence-electron chi connectivity index (χ0n) is 8.81. The van der Waals surface area contributed by atoms with E-state index in [4.69, 9.17) is 11.6 Å². The van der Waals surface area contributed by atoms with Crippen molar-refractivity contribution in [2.75, 3.05) is 0 Å². The Bertz CT molecular complexity index is 553. The third kappa shape index (κ3) is 2.92. The summed E-state index contributed by atoms with van der Waals surface area (Å²) < 4.78 is 15.2. The molecule has 0 nitrogen and oxygen atoms in total. The maximum Gasteiger partial charge on any atom is 0.126 e. The van der Waals surface area contributed by atoms with Gasteiger partial charge in [-0.15, -0.1) is 22.9 Å². The van der Waals surface area contributed by atoms with E-state index in [9.17, 15) is 4.39 Å². The van der Waals surface area contributed by atoms with Crippen LogP contribution in [0.2, 0.25) is 0 Å². The molecule has 1 unspecified atom stereocenters. The molecule has 0 N–H and O–H groups in total. The van der Waals surface area contributed by atoms with E-state index >= 15 is 0 Å². The van der Waals surface area contributed by atoms with Crippen LogP contribution in [0.5, 0.6) is 0 Å². The number of benzene rings is 1. The van der Waals surface area contributed by atoms with Crippen molar-refractivity contribution in [2.45, 2.75) is 12.3 Å². The van der Waals surface area contributed by atoms with E-state index in [1.54, 1.807) is 30.4 Å². The van der Waals surface area contributed by atoms with Gasteiger partial charge in [0.1, 0.15) is 5.82 Å². The van der Waals surface area contributed by atoms with Crippen LogP contribution in [-0.2, 0) is 0 Å². The van der Waals surface area contributed by atoms with Gasteiger partial charge in [-0.2, -0.15) is 0 Å². The molecular formula is C12H8Br2ClFS. The maximum atomic E-state index is 13.2. The van der Waals surface area contributed by atoms with Crippen molar-refractivity contribution in [1.29, 1.82) is 0 Å². The summed E-state index contributed by atoms with van der Waals surface area (Å²) in [6.45, 7) is 1.74. The first-order valence-electron chi connectivity index (χ1n) is 4.84. The Morgan fingerprint density at radius 2 is 2.00 bits per heavy atom. The van der Waals surface area contributed by atoms with Crippen LogP contribution in [0.15, 0.2) is 31.8 Å². The second-order valence-corrected chi connectivity index (χ2v) is 7.84. The smallest absolute Gasteiger partial charge is 0.126 e. The third-order valence-corrected chi connectivity index (χ3v) is 5.30. The van der Waals surface area contributed by atoms with Crippen LogP contribution in [0.25, 0.3) is 0 Å². The van der Waals surface area contributed by atoms with Gasteiger partial charge >= 0.3 is 0 Å². The minimum absolute atomic E-state index is 0.205. The van der Waals surface area contributed by atoms with Crippen molar-refractivity contribution in [2.24, 2.45) is 0 Å². The lowest BCUT2D eigenvalue weighted by molar-refractivity contribution is 0.617. The van der Waals surface area contributed by atoms with Gasteiger partial charge in [0.25, 0.3) is 0 Å². The van der Waals surface area contributed by atoms with Crippen LogP contribution in [0.3, 0.4) is 0 Å². The number of hydrogen-bond donors (Lipinski definition) is 0. The normalized spacial score (nSPS) is 12.8. The highest BCUT2D eigenvalue weighted by Crippen LogP contribution is 2.41. The predicted molar refractivity (Wildman–Crippen MR) is 78.6 cm³/mol. The van der Waals surface area contributed by atoms with Gasteiger partial charge < -0.3 is 0 Å². The number of aryl methyl sites for hydroxylation is 1. The lowest BCUT2D eigenvalue weighted by Gasteiger charge is -2.10. The average Bonchev–Trinajstić information content (AvgIpc) is 2.61. The first kappa shape index (κ1) is 13.5. The molecule has 0 saturated carbocycles. The van der Waals surface area contributed by atoms with Crippen LogP contribution < -0.4 is 0 Å². The molecule has 1 aromatic carbocycles. The Hall–Kier alpha value is 0.1000. The van der Waals surface area contributed by atoms with E-state index in [0.717, 1.165) is 18.7 Å². The average molecular weight is 399 g/mol. The monoisotopic (exact) mass is 396 g/mol. The molecule has 0 saturated heterocycles. The van der Waals surface area contributed by atoms with Crippen molar-refractivity contribution in [3.63, 3.8) is 0 Å². The molecule has 90 valence electrons. The van der Waals surface area contributed by atoms with Gasteiger partial charge in [-0.3, -0.25) is 0 Å². The van der Waals surface area contributed by atoms with E-state index in [0.29, 0.717) is 5.56 Å². The molecule has 2 aromatic rings. The van der Waals surface area contributed by atoms with Crippen LogP contribution in [0.1, 0.15) is 22.1 Å². The lowest BCUT2D eigenvalue weighted by Crippen LogP contribution is -1.94. The standard InChI is InChI=1S/C12H8Br2ClFS/c1-6-4-7(2-3-9(6)16)11(15)8-5-10(13)17-12(8)14/h2-5,11H,1H3. The minimum Gasteiger partial charge on any atom is -0.207 e. The zero-order valence-corrected chi connectivity index (χ0v) is 13.6. The van der Waals surface area contributed by atoms with Crippen molar-refractivity contribution in [3.8, 4) is 0 Å². The molecular weight excluding hydrogens is 390 g/mol. The van der Waals surface area contributed by atoms with Gasteiger partial charge in [0.2, 0.25) is 0 Å². The molecule has 0 fully saturated rings. The van der Waals surface area contributed by atoms with Crippen LogP contribution in [0, 0.1) is 12.7 Å². The molecule has 1 atom stereocenters. The van der Waals surface area contributed by atoms with Crippen molar-refractivity contribution in [3.05, 3.63) is 54.3 Å². The first-order valence-corrected chi connectivity index (χ1v) is 7.68. The maximum absolute atomic E-state index is 13.2. The molecule has 1 heterocycles. The van der Waals surface area contributed by atoms with Gasteiger partial charge in [-0.25, -0.2) is 4.39 Å². The van der Waals surface area contributed by atoms with Crippen LogP contribution >= 0.6 is 54.8 Å². The largest absolute Gasteiger partial charge is 0.207 e. The van der Waals surface area contributed by atoms with Gasteiger partial charge in [0.15, 0.2) is 0 Å². The Morgan fingerprint density at radius 3 is 2.53 bits per heavy atom. The number of rotatable bonds is 2. The van der Waals surface area contributed by atoms with Crippen molar-refractivity contribution >= 4 is 54.8 Å². The second-order valence-electron chi connectivity index (χ2n) is 3.65. The second kappa shape index (κ2) is 5.39. The summed E-state index contributed by atoms with van der Waals surface area (Å²) in [5.74, 6) is -0.205. The summed E-state index contributed by atoms with van der Waals surface area (Å²) in [5, 5.41) is -0.272. The highest BCUT2D eigenvalue weighted by molar-refractivity contribution is 9.12. The van der Waals surface area contributed by atoms with Crippen LogP contribution in [-0.4, -0.2) is 0 Å². The summed E-state index contributed by atoms with van der Waals surface area (Å²) >= 11 is 14.9. The van der Waals surface area contributed by atoms with Gasteiger partial charge in [0, 0.05) is 5.56 Å². The molecule has 5 heteroatoms. The van der Waals surface area contributed by atoms with Gasteiger partial charge in [-0.05, 0) is 62.0 Å². The fraction of sp³-hybridized carbons (Fsp3) is 0.167. The molecule has 0 amide bonds. The first-order chi connectivity index (χ1) is 7.99. The molecule has 1 aromatic heterocycles. The van der Waals surface area contributed by atoms with E-state index in [1.165, 1.54) is 6.07 Å². The molecule has 0 aliphatic carbocycles. The minimum atomic E-state index is -0.272. The molecule has 0 aliphatic heterocycles. The molecule has 0 spiro atoms. The number of alkyl halides is 1. The highest BCUT2D eigenvalue weighted by Gasteiger charge is 2.17. The fourth-order valence-corrected chi connectivity index (χ4v) is 4.94. The summed E-state index contributed by atoms with van der Waals surface area (Å²) in [4.78, 5) is 0. The molecule has 0 aliphatic rings.